The van der Waals surface area contributed by atoms with Crippen molar-refractivity contribution in [3.05, 3.63) is 0 Å². The van der Waals surface area contributed by atoms with Crippen molar-refractivity contribution >= 4 is 12.1 Å². The van der Waals surface area contributed by atoms with Crippen LogP contribution in [-0.4, -0.2) is 40.3 Å². The van der Waals surface area contributed by atoms with Crippen LogP contribution in [0.4, 0.5) is 4.79 Å². The van der Waals surface area contributed by atoms with Crippen LogP contribution >= 0.6 is 0 Å². The minimum Gasteiger partial charge on any atom is -0.481 e. The van der Waals surface area contributed by atoms with E-state index in [1.165, 1.54) is 4.90 Å². The Balaban J connectivity index is 4.56. The first-order valence-electron chi connectivity index (χ1n) is 5.88. The van der Waals surface area contributed by atoms with Crippen molar-refractivity contribution < 1.29 is 19.4 Å². The molecule has 0 saturated carbocycles. The number of amides is 1. The third-order valence-corrected chi connectivity index (χ3v) is 2.32. The lowest BCUT2D eigenvalue weighted by atomic mass is 10.2. The average Bonchev–Trinajstić information content (AvgIpc) is 2.14. The zero-order chi connectivity index (χ0) is 13.6. The quantitative estimate of drug-likeness (QED) is 0.808. The number of hydrogen-bond acceptors (Lipinski definition) is 3. The largest absolute Gasteiger partial charge is 0.481 e. The van der Waals surface area contributed by atoms with Gasteiger partial charge in [0, 0.05) is 12.6 Å². The molecule has 0 rings (SSSR count). The summed E-state index contributed by atoms with van der Waals surface area (Å²) in [7, 11) is 0. The van der Waals surface area contributed by atoms with E-state index in [4.69, 9.17) is 9.84 Å². The van der Waals surface area contributed by atoms with Crippen LogP contribution in [0.1, 0.15) is 47.5 Å². The van der Waals surface area contributed by atoms with Crippen molar-refractivity contribution in [2.75, 3.05) is 6.54 Å². The molecule has 0 aliphatic rings. The molecule has 0 aromatic carbocycles. The Morgan fingerprint density at radius 1 is 1.35 bits per heavy atom. The van der Waals surface area contributed by atoms with Crippen molar-refractivity contribution in [3.63, 3.8) is 0 Å². The monoisotopic (exact) mass is 245 g/mol. The zero-order valence-electron chi connectivity index (χ0n) is 11.3. The molecule has 1 amide bonds. The van der Waals surface area contributed by atoms with Crippen molar-refractivity contribution in [1.29, 1.82) is 0 Å². The maximum Gasteiger partial charge on any atom is 0.410 e. The van der Waals surface area contributed by atoms with E-state index in [1.54, 1.807) is 20.8 Å². The van der Waals surface area contributed by atoms with Gasteiger partial charge in [-0.2, -0.15) is 0 Å². The van der Waals surface area contributed by atoms with Crippen LogP contribution in [-0.2, 0) is 9.53 Å². The lowest BCUT2D eigenvalue weighted by Gasteiger charge is -2.30. The highest BCUT2D eigenvalue weighted by molar-refractivity contribution is 5.71. The molecule has 1 N–H and O–H groups in total. The van der Waals surface area contributed by atoms with Gasteiger partial charge in [-0.05, 0) is 34.1 Å². The SMILES string of the molecule is CCC(C)N(CCC(=O)O)C(=O)OC(C)(C)C. The van der Waals surface area contributed by atoms with Gasteiger partial charge in [0.25, 0.3) is 0 Å². The van der Waals surface area contributed by atoms with E-state index in [-0.39, 0.29) is 19.0 Å². The molecule has 0 heterocycles. The zero-order valence-corrected chi connectivity index (χ0v) is 11.3. The molecule has 0 spiro atoms. The number of carboxylic acids is 1. The van der Waals surface area contributed by atoms with Gasteiger partial charge in [0.05, 0.1) is 6.42 Å². The van der Waals surface area contributed by atoms with Crippen LogP contribution in [0.3, 0.4) is 0 Å². The molecule has 0 fully saturated rings. The van der Waals surface area contributed by atoms with Crippen LogP contribution in [0, 0.1) is 0 Å². The number of rotatable bonds is 5. The lowest BCUT2D eigenvalue weighted by molar-refractivity contribution is -0.137. The van der Waals surface area contributed by atoms with Gasteiger partial charge in [-0.3, -0.25) is 4.79 Å². The molecule has 0 saturated heterocycles. The smallest absolute Gasteiger partial charge is 0.410 e. The molecular weight excluding hydrogens is 222 g/mol. The van der Waals surface area contributed by atoms with E-state index in [0.29, 0.717) is 0 Å². The number of aliphatic carboxylic acids is 1. The molecule has 5 nitrogen and oxygen atoms in total. The van der Waals surface area contributed by atoms with Crippen molar-refractivity contribution in [3.8, 4) is 0 Å². The fourth-order valence-electron chi connectivity index (χ4n) is 1.25. The lowest BCUT2D eigenvalue weighted by Crippen LogP contribution is -2.43. The highest BCUT2D eigenvalue weighted by atomic mass is 16.6. The minimum absolute atomic E-state index is 0.0239. The van der Waals surface area contributed by atoms with Gasteiger partial charge in [-0.1, -0.05) is 6.92 Å². The molecule has 100 valence electrons. The Kier molecular flexibility index (Phi) is 5.99. The fourth-order valence-corrected chi connectivity index (χ4v) is 1.25. The van der Waals surface area contributed by atoms with Gasteiger partial charge in [0.15, 0.2) is 0 Å². The third-order valence-electron chi connectivity index (χ3n) is 2.32. The van der Waals surface area contributed by atoms with Crippen LogP contribution in [0.25, 0.3) is 0 Å². The van der Waals surface area contributed by atoms with E-state index in [0.717, 1.165) is 6.42 Å². The molecule has 5 heteroatoms. The summed E-state index contributed by atoms with van der Waals surface area (Å²) in [5.74, 6) is -0.915. The Bertz CT molecular complexity index is 270. The second-order valence-corrected chi connectivity index (χ2v) is 5.07. The second kappa shape index (κ2) is 6.47. The molecular formula is C12H23NO4. The van der Waals surface area contributed by atoms with Crippen molar-refractivity contribution in [2.24, 2.45) is 0 Å². The minimum atomic E-state index is -0.915. The number of hydrogen-bond donors (Lipinski definition) is 1. The number of ether oxygens (including phenoxy) is 1. The summed E-state index contributed by atoms with van der Waals surface area (Å²) in [5, 5.41) is 8.65. The summed E-state index contributed by atoms with van der Waals surface area (Å²) in [6.45, 7) is 9.37. The Labute approximate surface area is 103 Å². The summed E-state index contributed by atoms with van der Waals surface area (Å²) in [6.07, 6.45) is 0.246. The van der Waals surface area contributed by atoms with E-state index in [9.17, 15) is 9.59 Å². The van der Waals surface area contributed by atoms with Gasteiger partial charge in [-0.25, -0.2) is 4.79 Å². The van der Waals surface area contributed by atoms with Gasteiger partial charge in [0.1, 0.15) is 5.60 Å². The van der Waals surface area contributed by atoms with E-state index in [2.05, 4.69) is 0 Å². The first-order chi connectivity index (χ1) is 7.67. The molecule has 0 aromatic heterocycles. The average molecular weight is 245 g/mol. The maximum absolute atomic E-state index is 11.9. The third kappa shape index (κ3) is 6.81. The fraction of sp³-hybridized carbons (Fsp3) is 0.833. The van der Waals surface area contributed by atoms with E-state index >= 15 is 0 Å². The molecule has 0 aliphatic heterocycles. The Morgan fingerprint density at radius 2 is 1.88 bits per heavy atom. The summed E-state index contributed by atoms with van der Waals surface area (Å²) < 4.78 is 5.25. The second-order valence-electron chi connectivity index (χ2n) is 5.07. The van der Waals surface area contributed by atoms with E-state index < -0.39 is 17.7 Å². The van der Waals surface area contributed by atoms with Gasteiger partial charge in [0.2, 0.25) is 0 Å². The van der Waals surface area contributed by atoms with Crippen LogP contribution in [0.2, 0.25) is 0 Å². The van der Waals surface area contributed by atoms with Crippen LogP contribution in [0.15, 0.2) is 0 Å². The highest BCUT2D eigenvalue weighted by Crippen LogP contribution is 2.13. The first kappa shape index (κ1) is 15.7. The van der Waals surface area contributed by atoms with Gasteiger partial charge >= 0.3 is 12.1 Å². The van der Waals surface area contributed by atoms with Gasteiger partial charge < -0.3 is 14.7 Å². The van der Waals surface area contributed by atoms with Crippen LogP contribution < -0.4 is 0 Å². The normalized spacial score (nSPS) is 13.0. The molecule has 1 atom stereocenters. The predicted octanol–water partition coefficient (Wildman–Crippen LogP) is 2.50. The first-order valence-corrected chi connectivity index (χ1v) is 5.88. The number of nitrogens with zero attached hydrogens (tertiary/aromatic N) is 1. The number of carbonyl (C=O) groups excluding carboxylic acids is 1. The number of carboxylic acid groups (broad SMARTS) is 1. The standard InChI is InChI=1S/C12H23NO4/c1-6-9(2)13(8-7-10(14)15)11(16)17-12(3,4)5/h9H,6-8H2,1-5H3,(H,14,15). The maximum atomic E-state index is 11.9. The van der Waals surface area contributed by atoms with E-state index in [1.807, 2.05) is 13.8 Å². The summed E-state index contributed by atoms with van der Waals surface area (Å²) in [6, 6.07) is -0.0239. The molecule has 1 unspecified atom stereocenters. The van der Waals surface area contributed by atoms with Gasteiger partial charge in [-0.15, -0.1) is 0 Å². The molecule has 0 aliphatic carbocycles. The van der Waals surface area contributed by atoms with Crippen molar-refractivity contribution in [1.82, 2.24) is 4.90 Å². The summed E-state index contributed by atoms with van der Waals surface area (Å²) in [4.78, 5) is 23.9. The van der Waals surface area contributed by atoms with Crippen molar-refractivity contribution in [2.45, 2.75) is 59.1 Å². The van der Waals surface area contributed by atoms with Crippen LogP contribution in [0.5, 0.6) is 0 Å². The molecule has 0 bridgehead atoms. The summed E-state index contributed by atoms with van der Waals surface area (Å²) in [5.41, 5.74) is -0.563. The molecule has 17 heavy (non-hydrogen) atoms. The predicted molar refractivity (Wildman–Crippen MR) is 64.9 cm³/mol. The Morgan fingerprint density at radius 3 is 2.24 bits per heavy atom. The molecule has 0 radical (unpaired) electrons. The summed E-state index contributed by atoms with van der Waals surface area (Å²) >= 11 is 0. The number of carbonyl (C=O) groups is 2. The Hall–Kier alpha value is -1.26. The topological polar surface area (TPSA) is 66.8 Å². The highest BCUT2D eigenvalue weighted by Gasteiger charge is 2.25. The molecule has 0 aromatic rings.